The minimum atomic E-state index is -4.20. The number of sulfonamides is 1. The van der Waals surface area contributed by atoms with Crippen molar-refractivity contribution < 1.29 is 22.7 Å². The molecule has 0 heterocycles. The normalized spacial score (nSPS) is 13.2. The van der Waals surface area contributed by atoms with Crippen molar-refractivity contribution in [3.05, 3.63) is 29.0 Å². The van der Waals surface area contributed by atoms with Crippen molar-refractivity contribution in [1.29, 1.82) is 0 Å². The third kappa shape index (κ3) is 4.62. The van der Waals surface area contributed by atoms with Gasteiger partial charge in [-0.2, -0.15) is 16.5 Å². The van der Waals surface area contributed by atoms with Gasteiger partial charge < -0.3 is 5.11 Å². The van der Waals surface area contributed by atoms with Gasteiger partial charge in [0.1, 0.15) is 16.8 Å². The number of carbonyl (C=O) groups is 1. The molecular weight excluding hydrogens is 329 g/mol. The van der Waals surface area contributed by atoms with E-state index >= 15 is 0 Å². The molecule has 0 aliphatic rings. The molecule has 5 nitrogen and oxygen atoms in total. The van der Waals surface area contributed by atoms with Crippen molar-refractivity contribution in [2.24, 2.45) is 0 Å². The van der Waals surface area contributed by atoms with Crippen LogP contribution in [-0.4, -0.2) is 37.5 Å². The second-order valence-corrected chi connectivity index (χ2v) is 6.94. The van der Waals surface area contributed by atoms with Gasteiger partial charge in [-0.15, -0.1) is 0 Å². The molecule has 9 heteroatoms. The zero-order valence-electron chi connectivity index (χ0n) is 10.5. The molecule has 0 spiro atoms. The highest BCUT2D eigenvalue weighted by Crippen LogP contribution is 2.22. The maximum absolute atomic E-state index is 13.1. The van der Waals surface area contributed by atoms with Crippen molar-refractivity contribution >= 4 is 39.4 Å². The Hall–Kier alpha value is -0.830. The van der Waals surface area contributed by atoms with Gasteiger partial charge in [-0.1, -0.05) is 11.6 Å². The van der Waals surface area contributed by atoms with Crippen LogP contribution >= 0.6 is 23.4 Å². The van der Waals surface area contributed by atoms with Gasteiger partial charge in [0.15, 0.2) is 0 Å². The van der Waals surface area contributed by atoms with Crippen LogP contribution in [0.25, 0.3) is 0 Å². The number of rotatable bonds is 7. The SMILES string of the molecule is CSCC[C@H](NS(=O)(=O)c1cc(F)ccc1Cl)C(=O)O. The average molecular weight is 342 g/mol. The molecule has 0 radical (unpaired) electrons. The number of halogens is 2. The summed E-state index contributed by atoms with van der Waals surface area (Å²) in [4.78, 5) is 10.5. The molecule has 20 heavy (non-hydrogen) atoms. The maximum atomic E-state index is 13.1. The van der Waals surface area contributed by atoms with E-state index in [2.05, 4.69) is 0 Å². The molecule has 1 aromatic rings. The first-order chi connectivity index (χ1) is 9.27. The molecule has 0 saturated carbocycles. The summed E-state index contributed by atoms with van der Waals surface area (Å²) in [5.74, 6) is -1.60. The summed E-state index contributed by atoms with van der Waals surface area (Å²) in [6, 6.07) is 1.58. The number of hydrogen-bond acceptors (Lipinski definition) is 4. The predicted octanol–water partition coefficient (Wildman–Crippen LogP) is 1.96. The lowest BCUT2D eigenvalue weighted by molar-refractivity contribution is -0.139. The molecule has 0 unspecified atom stereocenters. The fraction of sp³-hybridized carbons (Fsp3) is 0.364. The number of carboxylic acids is 1. The lowest BCUT2D eigenvalue weighted by atomic mass is 10.2. The van der Waals surface area contributed by atoms with E-state index in [4.69, 9.17) is 16.7 Å². The molecule has 1 atom stereocenters. The average Bonchev–Trinajstić information content (AvgIpc) is 2.36. The van der Waals surface area contributed by atoms with E-state index in [1.165, 1.54) is 11.8 Å². The van der Waals surface area contributed by atoms with Gasteiger partial charge >= 0.3 is 5.97 Å². The summed E-state index contributed by atoms with van der Waals surface area (Å²) >= 11 is 7.10. The van der Waals surface area contributed by atoms with E-state index in [-0.39, 0.29) is 11.4 Å². The highest BCUT2D eigenvalue weighted by Gasteiger charge is 2.26. The standard InChI is InChI=1S/C11H13ClFNO4S2/c1-19-5-4-9(11(15)16)14-20(17,18)10-6-7(13)2-3-8(10)12/h2-3,6,9,14H,4-5H2,1H3,(H,15,16)/t9-/m0/s1. The van der Waals surface area contributed by atoms with Gasteiger partial charge in [0.2, 0.25) is 10.0 Å². The van der Waals surface area contributed by atoms with Crippen LogP contribution < -0.4 is 4.72 Å². The van der Waals surface area contributed by atoms with Crippen LogP contribution in [-0.2, 0) is 14.8 Å². The molecule has 1 rings (SSSR count). The van der Waals surface area contributed by atoms with Crippen LogP contribution in [0.15, 0.2) is 23.1 Å². The van der Waals surface area contributed by atoms with Gasteiger partial charge in [0.25, 0.3) is 0 Å². The highest BCUT2D eigenvalue weighted by atomic mass is 35.5. The number of thioether (sulfide) groups is 1. The summed E-state index contributed by atoms with van der Waals surface area (Å²) < 4.78 is 39.2. The predicted molar refractivity (Wildman–Crippen MR) is 76.2 cm³/mol. The van der Waals surface area contributed by atoms with E-state index in [0.717, 1.165) is 18.2 Å². The summed E-state index contributed by atoms with van der Waals surface area (Å²) in [6.07, 6.45) is 1.89. The number of benzene rings is 1. The number of aliphatic carboxylic acids is 1. The summed E-state index contributed by atoms with van der Waals surface area (Å²) in [6.45, 7) is 0. The van der Waals surface area contributed by atoms with Gasteiger partial charge in [0, 0.05) is 0 Å². The Morgan fingerprint density at radius 3 is 2.75 bits per heavy atom. The highest BCUT2D eigenvalue weighted by molar-refractivity contribution is 7.98. The fourth-order valence-electron chi connectivity index (χ4n) is 1.40. The lowest BCUT2D eigenvalue weighted by Crippen LogP contribution is -2.41. The minimum absolute atomic E-state index is 0.114. The molecule has 0 saturated heterocycles. The molecule has 0 aliphatic carbocycles. The Bertz CT molecular complexity index is 594. The van der Waals surface area contributed by atoms with Crippen LogP contribution in [0.5, 0.6) is 0 Å². The quantitative estimate of drug-likeness (QED) is 0.792. The molecular formula is C11H13ClFNO4S2. The monoisotopic (exact) mass is 341 g/mol. The van der Waals surface area contributed by atoms with Crippen molar-refractivity contribution in [2.45, 2.75) is 17.4 Å². The summed E-state index contributed by atoms with van der Waals surface area (Å²) in [5.41, 5.74) is 0. The lowest BCUT2D eigenvalue weighted by Gasteiger charge is -2.15. The minimum Gasteiger partial charge on any atom is -0.480 e. The first kappa shape index (κ1) is 17.2. The fourth-order valence-corrected chi connectivity index (χ4v) is 3.61. The molecule has 0 fully saturated rings. The number of carboxylic acid groups (broad SMARTS) is 1. The Morgan fingerprint density at radius 1 is 1.55 bits per heavy atom. The van der Waals surface area contributed by atoms with Crippen molar-refractivity contribution in [1.82, 2.24) is 4.72 Å². The van der Waals surface area contributed by atoms with E-state index in [1.807, 2.05) is 4.72 Å². The maximum Gasteiger partial charge on any atom is 0.321 e. The second-order valence-electron chi connectivity index (χ2n) is 3.87. The van der Waals surface area contributed by atoms with E-state index in [9.17, 15) is 17.6 Å². The van der Waals surface area contributed by atoms with Crippen LogP contribution in [0, 0.1) is 5.82 Å². The third-order valence-corrected chi connectivity index (χ3v) is 4.99. The summed E-state index contributed by atoms with van der Waals surface area (Å²) in [5, 5.41) is 8.82. The largest absolute Gasteiger partial charge is 0.480 e. The Labute approximate surface area is 125 Å². The van der Waals surface area contributed by atoms with Crippen molar-refractivity contribution in [3.63, 3.8) is 0 Å². The zero-order valence-corrected chi connectivity index (χ0v) is 12.9. The first-order valence-electron chi connectivity index (χ1n) is 5.47. The third-order valence-electron chi connectivity index (χ3n) is 2.39. The van der Waals surface area contributed by atoms with E-state index < -0.39 is 32.7 Å². The number of nitrogens with one attached hydrogen (secondary N) is 1. The second kappa shape index (κ2) is 7.26. The molecule has 2 N–H and O–H groups in total. The van der Waals surface area contributed by atoms with Gasteiger partial charge in [0.05, 0.1) is 5.02 Å². The van der Waals surface area contributed by atoms with Crippen LogP contribution in [0.1, 0.15) is 6.42 Å². The Balaban J connectivity index is 3.03. The molecule has 0 aliphatic heterocycles. The topological polar surface area (TPSA) is 83.5 Å². The molecule has 0 bridgehead atoms. The van der Waals surface area contributed by atoms with Gasteiger partial charge in [-0.05, 0) is 36.6 Å². The van der Waals surface area contributed by atoms with Gasteiger partial charge in [-0.3, -0.25) is 4.79 Å². The molecule has 1 aromatic carbocycles. The molecule has 112 valence electrons. The van der Waals surface area contributed by atoms with E-state index in [0.29, 0.717) is 5.75 Å². The van der Waals surface area contributed by atoms with Crippen LogP contribution in [0.3, 0.4) is 0 Å². The molecule has 0 aromatic heterocycles. The smallest absolute Gasteiger partial charge is 0.321 e. The Kier molecular flexibility index (Phi) is 6.25. The van der Waals surface area contributed by atoms with Crippen LogP contribution in [0.4, 0.5) is 4.39 Å². The Morgan fingerprint density at radius 2 is 2.20 bits per heavy atom. The zero-order chi connectivity index (χ0) is 15.3. The number of hydrogen-bond donors (Lipinski definition) is 2. The van der Waals surface area contributed by atoms with Crippen molar-refractivity contribution in [2.75, 3.05) is 12.0 Å². The summed E-state index contributed by atoms with van der Waals surface area (Å²) in [7, 11) is -4.20. The van der Waals surface area contributed by atoms with Crippen LogP contribution in [0.2, 0.25) is 5.02 Å². The van der Waals surface area contributed by atoms with E-state index in [1.54, 1.807) is 6.26 Å². The van der Waals surface area contributed by atoms with Gasteiger partial charge in [-0.25, -0.2) is 12.8 Å². The molecule has 0 amide bonds. The van der Waals surface area contributed by atoms with Crippen molar-refractivity contribution in [3.8, 4) is 0 Å². The first-order valence-corrected chi connectivity index (χ1v) is 8.72.